The van der Waals surface area contributed by atoms with E-state index in [2.05, 4.69) is 107 Å². The number of benzene rings is 1. The smallest absolute Gasteiger partial charge is 0.343 e. The topological polar surface area (TPSA) is 0 Å². The van der Waals surface area contributed by atoms with Crippen LogP contribution in [0, 0.1) is 38.0 Å². The van der Waals surface area contributed by atoms with Gasteiger partial charge in [-0.2, -0.15) is 19.8 Å². The van der Waals surface area contributed by atoms with Crippen LogP contribution < -0.4 is 0 Å². The van der Waals surface area contributed by atoms with Gasteiger partial charge in [-0.3, -0.25) is 0 Å². The van der Waals surface area contributed by atoms with Crippen molar-refractivity contribution in [1.82, 2.24) is 0 Å². The normalized spacial score (nSPS) is 20.2. The molecule has 0 bridgehead atoms. The third kappa shape index (κ3) is 12.6. The monoisotopic (exact) mass is 560 g/mol. The molecule has 5 rings (SSSR count). The van der Waals surface area contributed by atoms with Crippen LogP contribution >= 0.6 is 0 Å². The fourth-order valence-corrected chi connectivity index (χ4v) is 4.91. The summed E-state index contributed by atoms with van der Waals surface area (Å²) in [6.07, 6.45) is 32.9. The molecule has 2 heteroatoms. The Balaban J connectivity index is 0.000000243. The Kier molecular flexibility index (Phi) is 18.2. The van der Waals surface area contributed by atoms with Crippen LogP contribution in [0.1, 0.15) is 83.6 Å². The fourth-order valence-electron chi connectivity index (χ4n) is 4.47. The molecule has 2 saturated carbocycles. The number of fused-ring (bicyclic) bond motifs is 2. The predicted octanol–water partition coefficient (Wildman–Crippen LogP) is 8.44. The van der Waals surface area contributed by atoms with E-state index in [-0.39, 0.29) is 26.2 Å². The Labute approximate surface area is 239 Å². The maximum absolute atomic E-state index is 3.60. The average Bonchev–Trinajstić information content (AvgIpc) is 3.58. The van der Waals surface area contributed by atoms with Gasteiger partial charge in [0, 0.05) is 0 Å². The van der Waals surface area contributed by atoms with E-state index in [0.29, 0.717) is 0 Å². The van der Waals surface area contributed by atoms with Gasteiger partial charge in [0.05, 0.1) is 0 Å². The van der Waals surface area contributed by atoms with Gasteiger partial charge in [0.1, 0.15) is 0 Å². The Morgan fingerprint density at radius 1 is 0.971 bits per heavy atom. The number of rotatable bonds is 5. The largest absolute Gasteiger partial charge is 4.00 e. The van der Waals surface area contributed by atoms with E-state index in [9.17, 15) is 0 Å². The van der Waals surface area contributed by atoms with E-state index in [1.807, 2.05) is 9.85 Å². The molecule has 0 N–H and O–H groups in total. The summed E-state index contributed by atoms with van der Waals surface area (Å²) in [6.45, 7) is 7.83. The quantitative estimate of drug-likeness (QED) is 0.250. The minimum Gasteiger partial charge on any atom is -0.343 e. The molecule has 35 heavy (non-hydrogen) atoms. The molecular formula is C33H46SiZr. The van der Waals surface area contributed by atoms with E-state index in [1.54, 1.807) is 11.1 Å². The van der Waals surface area contributed by atoms with Crippen LogP contribution in [0.5, 0.6) is 0 Å². The second kappa shape index (κ2) is 20.0. The predicted molar refractivity (Wildman–Crippen MR) is 156 cm³/mol. The molecule has 0 saturated heterocycles. The van der Waals surface area contributed by atoms with Crippen molar-refractivity contribution in [1.29, 1.82) is 0 Å². The van der Waals surface area contributed by atoms with Gasteiger partial charge >= 0.3 is 26.2 Å². The molecule has 186 valence electrons. The van der Waals surface area contributed by atoms with E-state index in [1.165, 1.54) is 68.5 Å². The molecule has 0 aliphatic heterocycles. The Hall–Kier alpha value is -1.11. The van der Waals surface area contributed by atoms with Crippen molar-refractivity contribution in [3.05, 3.63) is 110 Å². The average molecular weight is 562 g/mol. The van der Waals surface area contributed by atoms with Crippen LogP contribution in [0.3, 0.4) is 0 Å². The Bertz CT molecular complexity index is 773. The molecular weight excluding hydrogens is 516 g/mol. The second-order valence-corrected chi connectivity index (χ2v) is 10.2. The van der Waals surface area contributed by atoms with Crippen LogP contribution in [0.15, 0.2) is 77.9 Å². The molecule has 1 aromatic carbocycles. The van der Waals surface area contributed by atoms with Crippen molar-refractivity contribution in [2.24, 2.45) is 11.8 Å². The Morgan fingerprint density at radius 3 is 1.91 bits per heavy atom. The summed E-state index contributed by atoms with van der Waals surface area (Å²) in [4.78, 5) is 0. The Morgan fingerprint density at radius 2 is 1.49 bits per heavy atom. The molecule has 4 aliphatic carbocycles. The molecule has 2 atom stereocenters. The maximum atomic E-state index is 3.60. The summed E-state index contributed by atoms with van der Waals surface area (Å²) in [7, 11) is 2.00. The number of allylic oxidation sites excluding steroid dienone is 8. The summed E-state index contributed by atoms with van der Waals surface area (Å²) >= 11 is 0. The minimum atomic E-state index is 0. The maximum Gasteiger partial charge on any atom is 4.00 e. The van der Waals surface area contributed by atoms with Gasteiger partial charge in [0.2, 0.25) is 0 Å². The van der Waals surface area contributed by atoms with Crippen LogP contribution in [0.4, 0.5) is 0 Å². The molecule has 1 aromatic rings. The number of hydrogen-bond acceptors (Lipinski definition) is 0. The first-order valence-corrected chi connectivity index (χ1v) is 14.1. The van der Waals surface area contributed by atoms with Gasteiger partial charge < -0.3 is 13.3 Å². The van der Waals surface area contributed by atoms with Gasteiger partial charge in [-0.15, -0.1) is 37.1 Å². The van der Waals surface area contributed by atoms with Crippen molar-refractivity contribution in [2.45, 2.75) is 78.1 Å². The molecule has 4 aliphatic rings. The molecule has 0 aromatic heterocycles. The minimum absolute atomic E-state index is 0. The SMILES string of the molecule is C1=CCC2CC[CH-]C2=C1.C1=CCC2CC[CH-]C2=C1.C[CH-]CCC(=[SiH2])c1ccccc1.[CH2-]CCC.[Zr+4]. The van der Waals surface area contributed by atoms with Gasteiger partial charge in [-0.05, 0) is 40.1 Å². The van der Waals surface area contributed by atoms with Crippen molar-refractivity contribution >= 4 is 15.0 Å². The first-order chi connectivity index (χ1) is 16.7. The molecule has 0 nitrogen and oxygen atoms in total. The molecule has 0 heterocycles. The zero-order chi connectivity index (χ0) is 24.4. The van der Waals surface area contributed by atoms with Gasteiger partial charge in [0.15, 0.2) is 0 Å². The number of hydrogen-bond donors (Lipinski definition) is 0. The van der Waals surface area contributed by atoms with E-state index in [4.69, 9.17) is 0 Å². The standard InChI is InChI=1S/C11H15Si.2C9H11.C4H9.Zr/c1-2-3-9-11(12)10-7-5-4-6-8-10;2*1-2-5-9-7-3-6-8(9)4-1;1-3-4-2;/h2,4-8H,3,9,12H2,1H3;2*1-2,4,6,9H,3,5,7H2;1,3-4H2,2H3;/q4*-1;+4. The zero-order valence-electron chi connectivity index (χ0n) is 22.2. The summed E-state index contributed by atoms with van der Waals surface area (Å²) in [6, 6.07) is 10.6. The number of unbranched alkanes of at least 4 members (excludes halogenated alkanes) is 2. The van der Waals surface area contributed by atoms with Crippen molar-refractivity contribution in [3.8, 4) is 0 Å². The van der Waals surface area contributed by atoms with Crippen LogP contribution in [-0.2, 0) is 26.2 Å². The summed E-state index contributed by atoms with van der Waals surface area (Å²) in [5, 5.41) is 1.51. The van der Waals surface area contributed by atoms with Crippen LogP contribution in [0.25, 0.3) is 0 Å². The van der Waals surface area contributed by atoms with Crippen LogP contribution in [0.2, 0.25) is 0 Å². The fraction of sp³-hybridized carbons (Fsp3) is 0.424. The van der Waals surface area contributed by atoms with Crippen molar-refractivity contribution in [2.75, 3.05) is 0 Å². The van der Waals surface area contributed by atoms with Gasteiger partial charge in [-0.25, -0.2) is 36.1 Å². The van der Waals surface area contributed by atoms with Crippen molar-refractivity contribution in [3.63, 3.8) is 0 Å². The summed E-state index contributed by atoms with van der Waals surface area (Å²) < 4.78 is 0. The molecule has 0 amide bonds. The van der Waals surface area contributed by atoms with Crippen molar-refractivity contribution < 1.29 is 26.2 Å². The third-order valence-electron chi connectivity index (χ3n) is 6.69. The molecule has 0 spiro atoms. The zero-order valence-corrected chi connectivity index (χ0v) is 26.1. The van der Waals surface area contributed by atoms with E-state index in [0.717, 1.165) is 18.3 Å². The van der Waals surface area contributed by atoms with Gasteiger partial charge in [0.25, 0.3) is 0 Å². The van der Waals surface area contributed by atoms with Gasteiger partial charge in [-0.1, -0.05) is 68.1 Å². The third-order valence-corrected chi connectivity index (χ3v) is 7.46. The summed E-state index contributed by atoms with van der Waals surface area (Å²) in [5.41, 5.74) is 4.55. The van der Waals surface area contributed by atoms with E-state index >= 15 is 0 Å². The molecule has 2 fully saturated rings. The second-order valence-electron chi connectivity index (χ2n) is 9.39. The molecule has 2 unspecified atom stereocenters. The first-order valence-electron chi connectivity index (χ1n) is 13.4. The first kappa shape index (κ1) is 31.9. The summed E-state index contributed by atoms with van der Waals surface area (Å²) in [5.74, 6) is 1.77. The van der Waals surface area contributed by atoms with E-state index < -0.39 is 0 Å². The van der Waals surface area contributed by atoms with Crippen LogP contribution in [-0.4, -0.2) is 15.0 Å². The molecule has 0 radical (unpaired) electrons.